The van der Waals surface area contributed by atoms with Crippen molar-refractivity contribution in [3.8, 4) is 0 Å². The van der Waals surface area contributed by atoms with Crippen LogP contribution in [0.25, 0.3) is 5.57 Å². The molecule has 3 heteroatoms. The van der Waals surface area contributed by atoms with Crippen LogP contribution in [0, 0.1) is 13.8 Å². The molecule has 0 saturated carbocycles. The molecule has 0 aromatic heterocycles. The molecule has 0 aliphatic heterocycles. The van der Waals surface area contributed by atoms with Gasteiger partial charge in [0.2, 0.25) is 0 Å². The quantitative estimate of drug-likeness (QED) is 0.496. The van der Waals surface area contributed by atoms with Crippen LogP contribution in [-0.4, -0.2) is 7.85 Å². The van der Waals surface area contributed by atoms with Crippen LogP contribution in [0.1, 0.15) is 43.9 Å². The van der Waals surface area contributed by atoms with Crippen molar-refractivity contribution in [3.63, 3.8) is 0 Å². The lowest BCUT2D eigenvalue weighted by Gasteiger charge is -2.22. The molecule has 1 aromatic carbocycles. The van der Waals surface area contributed by atoms with Gasteiger partial charge in [0, 0.05) is 11.3 Å². The van der Waals surface area contributed by atoms with Crippen LogP contribution in [0.2, 0.25) is 0 Å². The van der Waals surface area contributed by atoms with Gasteiger partial charge in [-0.25, -0.2) is 0 Å². The molecule has 0 fully saturated rings. The van der Waals surface area contributed by atoms with Crippen LogP contribution < -0.4 is 16.9 Å². The van der Waals surface area contributed by atoms with Gasteiger partial charge < -0.3 is 11.5 Å². The largest absolute Gasteiger partial charge is 0.397 e. The Morgan fingerprint density at radius 3 is 2.05 bits per heavy atom. The van der Waals surface area contributed by atoms with Gasteiger partial charge in [0.05, 0.1) is 5.69 Å². The topological polar surface area (TPSA) is 52.0 Å². The van der Waals surface area contributed by atoms with E-state index in [4.69, 9.17) is 11.5 Å². The van der Waals surface area contributed by atoms with Crippen molar-refractivity contribution in [2.24, 2.45) is 0 Å². The van der Waals surface area contributed by atoms with Gasteiger partial charge in [0.15, 0.2) is 0 Å². The zero-order valence-corrected chi connectivity index (χ0v) is 13.1. The Morgan fingerprint density at radius 1 is 1.11 bits per heavy atom. The van der Waals surface area contributed by atoms with E-state index in [1.807, 2.05) is 7.85 Å². The summed E-state index contributed by atoms with van der Waals surface area (Å²) >= 11 is 0. The molecule has 19 heavy (non-hydrogen) atoms. The molecule has 0 unspecified atom stereocenters. The first-order chi connectivity index (χ1) is 8.73. The molecule has 0 spiro atoms. The van der Waals surface area contributed by atoms with Gasteiger partial charge >= 0.3 is 0 Å². The zero-order chi connectivity index (χ0) is 14.9. The van der Waals surface area contributed by atoms with Gasteiger partial charge in [-0.1, -0.05) is 30.1 Å². The number of allylic oxidation sites excluding steroid dienone is 3. The normalized spacial score (nSPS) is 10.4. The van der Waals surface area contributed by atoms with Crippen LogP contribution in [0.5, 0.6) is 0 Å². The first-order valence-corrected chi connectivity index (χ1v) is 6.74. The Balaban J connectivity index is 3.77. The summed E-state index contributed by atoms with van der Waals surface area (Å²) in [7, 11) is 2.02. The molecule has 2 nitrogen and oxygen atoms in total. The molecule has 0 radical (unpaired) electrons. The van der Waals surface area contributed by atoms with Crippen molar-refractivity contribution < 1.29 is 0 Å². The molecule has 102 valence electrons. The van der Waals surface area contributed by atoms with Gasteiger partial charge in [-0.15, -0.1) is 0 Å². The van der Waals surface area contributed by atoms with Crippen molar-refractivity contribution >= 4 is 30.3 Å². The number of benzene rings is 1. The molecule has 1 aromatic rings. The minimum Gasteiger partial charge on any atom is -0.397 e. The third-order valence-corrected chi connectivity index (χ3v) is 3.99. The standard InChI is InChI=1S/C16H25BN2/c1-7-9(4)12(8(2)3)13-10(5)11(6)14(17)16(19)15(13)18/h4,7,17-19H2,1-3,5-6H3. The highest BCUT2D eigenvalue weighted by Gasteiger charge is 2.18. The van der Waals surface area contributed by atoms with Crippen molar-refractivity contribution in [1.29, 1.82) is 0 Å². The maximum atomic E-state index is 6.28. The maximum absolute atomic E-state index is 6.28. The predicted octanol–water partition coefficient (Wildman–Crippen LogP) is 2.49. The summed E-state index contributed by atoms with van der Waals surface area (Å²) in [6, 6.07) is 0. The second-order valence-corrected chi connectivity index (χ2v) is 5.41. The van der Waals surface area contributed by atoms with Gasteiger partial charge in [-0.05, 0) is 50.8 Å². The average molecular weight is 256 g/mol. The number of nitrogen functional groups attached to an aromatic ring is 2. The monoisotopic (exact) mass is 256 g/mol. The molecule has 0 heterocycles. The summed E-state index contributed by atoms with van der Waals surface area (Å²) in [6.45, 7) is 14.7. The zero-order valence-electron chi connectivity index (χ0n) is 13.1. The summed E-state index contributed by atoms with van der Waals surface area (Å²) < 4.78 is 0. The van der Waals surface area contributed by atoms with Crippen molar-refractivity contribution in [2.75, 3.05) is 11.5 Å². The van der Waals surface area contributed by atoms with Gasteiger partial charge in [0.1, 0.15) is 7.85 Å². The average Bonchev–Trinajstić information content (AvgIpc) is 2.37. The second-order valence-electron chi connectivity index (χ2n) is 5.41. The predicted molar refractivity (Wildman–Crippen MR) is 90.6 cm³/mol. The Hall–Kier alpha value is -1.64. The lowest BCUT2D eigenvalue weighted by molar-refractivity contribution is 1.15. The molecular formula is C16H25BN2. The molecular weight excluding hydrogens is 231 g/mol. The lowest BCUT2D eigenvalue weighted by Crippen LogP contribution is -2.20. The van der Waals surface area contributed by atoms with E-state index in [-0.39, 0.29) is 0 Å². The fraction of sp³-hybridized carbons (Fsp3) is 0.375. The molecule has 1 rings (SSSR count). The van der Waals surface area contributed by atoms with E-state index < -0.39 is 0 Å². The summed E-state index contributed by atoms with van der Waals surface area (Å²) in [5.41, 5.74) is 21.9. The van der Waals surface area contributed by atoms with Crippen LogP contribution in [0.3, 0.4) is 0 Å². The SMILES string of the molecule is Bc1c(C)c(C)c(C(C(=C)CC)=C(C)C)c(N)c1N. The fourth-order valence-corrected chi connectivity index (χ4v) is 2.49. The second kappa shape index (κ2) is 5.56. The van der Waals surface area contributed by atoms with Crippen LogP contribution in [0.4, 0.5) is 11.4 Å². The highest BCUT2D eigenvalue weighted by Crippen LogP contribution is 2.37. The number of anilines is 2. The summed E-state index contributed by atoms with van der Waals surface area (Å²) in [6.07, 6.45) is 0.909. The Labute approximate surface area is 118 Å². The van der Waals surface area contributed by atoms with Crippen LogP contribution in [0.15, 0.2) is 17.7 Å². The fourth-order valence-electron chi connectivity index (χ4n) is 2.49. The number of nitrogens with two attached hydrogens (primary N) is 2. The summed E-state index contributed by atoms with van der Waals surface area (Å²) in [4.78, 5) is 0. The van der Waals surface area contributed by atoms with E-state index in [1.54, 1.807) is 0 Å². The highest BCUT2D eigenvalue weighted by atomic mass is 14.7. The van der Waals surface area contributed by atoms with Crippen LogP contribution in [-0.2, 0) is 0 Å². The maximum Gasteiger partial charge on any atom is 0.142 e. The van der Waals surface area contributed by atoms with Crippen molar-refractivity contribution in [1.82, 2.24) is 0 Å². The molecule has 0 aliphatic carbocycles. The third-order valence-electron chi connectivity index (χ3n) is 3.99. The summed E-state index contributed by atoms with van der Waals surface area (Å²) in [5.74, 6) is 0. The molecule has 4 N–H and O–H groups in total. The number of rotatable bonds is 3. The minimum atomic E-state index is 0.686. The third kappa shape index (κ3) is 2.55. The first kappa shape index (κ1) is 15.4. The van der Waals surface area contributed by atoms with Crippen molar-refractivity contribution in [3.05, 3.63) is 34.4 Å². The minimum absolute atomic E-state index is 0.686. The van der Waals surface area contributed by atoms with E-state index in [2.05, 4.69) is 41.2 Å². The molecule has 0 amide bonds. The van der Waals surface area contributed by atoms with E-state index in [0.29, 0.717) is 11.4 Å². The molecule has 0 atom stereocenters. The number of hydrogen-bond donors (Lipinski definition) is 2. The number of hydrogen-bond acceptors (Lipinski definition) is 2. The molecule has 0 bridgehead atoms. The van der Waals surface area contributed by atoms with E-state index >= 15 is 0 Å². The molecule has 0 aliphatic rings. The van der Waals surface area contributed by atoms with Gasteiger partial charge in [-0.3, -0.25) is 0 Å². The first-order valence-electron chi connectivity index (χ1n) is 6.74. The van der Waals surface area contributed by atoms with Gasteiger partial charge in [0.25, 0.3) is 0 Å². The lowest BCUT2D eigenvalue weighted by atomic mass is 9.80. The summed E-state index contributed by atoms with van der Waals surface area (Å²) in [5, 5.41) is 0. The molecule has 0 saturated heterocycles. The van der Waals surface area contributed by atoms with E-state index in [9.17, 15) is 0 Å². The highest BCUT2D eigenvalue weighted by molar-refractivity contribution is 6.38. The van der Waals surface area contributed by atoms with E-state index in [0.717, 1.165) is 28.6 Å². The smallest absolute Gasteiger partial charge is 0.142 e. The van der Waals surface area contributed by atoms with Crippen molar-refractivity contribution in [2.45, 2.75) is 41.0 Å². The Morgan fingerprint density at radius 2 is 1.63 bits per heavy atom. The Kier molecular flexibility index (Phi) is 4.51. The van der Waals surface area contributed by atoms with Gasteiger partial charge in [-0.2, -0.15) is 0 Å². The Bertz CT molecular complexity index is 536. The van der Waals surface area contributed by atoms with Crippen LogP contribution >= 0.6 is 0 Å². The van der Waals surface area contributed by atoms with E-state index in [1.165, 1.54) is 16.7 Å².